The van der Waals surface area contributed by atoms with Gasteiger partial charge in [-0.05, 0) is 61.9 Å². The van der Waals surface area contributed by atoms with E-state index in [1.54, 1.807) is 24.3 Å². The van der Waals surface area contributed by atoms with Crippen LogP contribution < -0.4 is 20.1 Å². The number of carbonyl (C=O) groups excluding carboxylic acids is 2. The van der Waals surface area contributed by atoms with Gasteiger partial charge in [-0.15, -0.1) is 11.8 Å². The zero-order valence-electron chi connectivity index (χ0n) is 18.5. The van der Waals surface area contributed by atoms with Gasteiger partial charge in [-0.3, -0.25) is 9.59 Å². The van der Waals surface area contributed by atoms with Crippen molar-refractivity contribution in [2.75, 3.05) is 24.9 Å². The summed E-state index contributed by atoms with van der Waals surface area (Å²) in [5, 5.41) is 5.50. The van der Waals surface area contributed by atoms with Gasteiger partial charge in [0.2, 0.25) is 5.91 Å². The predicted molar refractivity (Wildman–Crippen MR) is 129 cm³/mol. The maximum atomic E-state index is 12.9. The summed E-state index contributed by atoms with van der Waals surface area (Å²) >= 11 is 1.41. The first-order valence-corrected chi connectivity index (χ1v) is 11.0. The Kier molecular flexibility index (Phi) is 7.78. The smallest absolute Gasteiger partial charge is 0.263 e. The van der Waals surface area contributed by atoms with Crippen LogP contribution in [0.2, 0.25) is 0 Å². The molecule has 0 radical (unpaired) electrons. The molecule has 0 heterocycles. The van der Waals surface area contributed by atoms with Gasteiger partial charge in [-0.25, -0.2) is 0 Å². The maximum Gasteiger partial charge on any atom is 0.263 e. The molecule has 1 unspecified atom stereocenters. The molecule has 3 aromatic carbocycles. The molecular weight excluding hydrogens is 424 g/mol. The third-order valence-corrected chi connectivity index (χ3v) is 5.81. The van der Waals surface area contributed by atoms with E-state index in [4.69, 9.17) is 9.47 Å². The standard InChI is InChI=1S/C25H26N2O4S/c1-16-8-5-9-18(14-16)26-24(28)17(2)32-20-11-6-10-19(15-20)27-25(29)23-21(30-3)12-7-13-22(23)31-4/h5-15,17H,1-4H3,(H,26,28)(H,27,29). The van der Waals surface area contributed by atoms with E-state index in [2.05, 4.69) is 10.6 Å². The maximum absolute atomic E-state index is 12.9. The van der Waals surface area contributed by atoms with Crippen molar-refractivity contribution < 1.29 is 19.1 Å². The fourth-order valence-corrected chi connectivity index (χ4v) is 4.07. The molecular formula is C25H26N2O4S. The quantitative estimate of drug-likeness (QED) is 0.451. The van der Waals surface area contributed by atoms with Gasteiger partial charge in [0, 0.05) is 16.3 Å². The molecule has 2 N–H and O–H groups in total. The molecule has 0 spiro atoms. The first-order valence-electron chi connectivity index (χ1n) is 10.1. The van der Waals surface area contributed by atoms with E-state index in [-0.39, 0.29) is 17.1 Å². The highest BCUT2D eigenvalue weighted by Gasteiger charge is 2.19. The average molecular weight is 451 g/mol. The molecule has 3 rings (SSSR count). The Labute approximate surface area is 192 Å². The van der Waals surface area contributed by atoms with Crippen LogP contribution in [0.4, 0.5) is 11.4 Å². The largest absolute Gasteiger partial charge is 0.496 e. The van der Waals surface area contributed by atoms with Crippen LogP contribution in [-0.4, -0.2) is 31.3 Å². The minimum atomic E-state index is -0.341. The second-order valence-corrected chi connectivity index (χ2v) is 8.55. The summed E-state index contributed by atoms with van der Waals surface area (Å²) in [6.45, 7) is 3.83. The number of thioether (sulfide) groups is 1. The fraction of sp³-hybridized carbons (Fsp3) is 0.200. The number of amides is 2. The monoisotopic (exact) mass is 450 g/mol. The summed E-state index contributed by atoms with van der Waals surface area (Å²) in [6, 6.07) is 20.2. The molecule has 0 aliphatic rings. The van der Waals surface area contributed by atoms with Gasteiger partial charge in [-0.1, -0.05) is 24.3 Å². The SMILES string of the molecule is COc1cccc(OC)c1C(=O)Nc1cccc(SC(C)C(=O)Nc2cccc(C)c2)c1. The molecule has 0 saturated heterocycles. The summed E-state index contributed by atoms with van der Waals surface area (Å²) in [6.07, 6.45) is 0. The summed E-state index contributed by atoms with van der Waals surface area (Å²) in [7, 11) is 3.01. The molecule has 1 atom stereocenters. The van der Waals surface area contributed by atoms with E-state index in [0.717, 1.165) is 16.1 Å². The van der Waals surface area contributed by atoms with E-state index in [9.17, 15) is 9.59 Å². The van der Waals surface area contributed by atoms with Crippen molar-refractivity contribution in [3.8, 4) is 11.5 Å². The first kappa shape index (κ1) is 23.2. The van der Waals surface area contributed by atoms with E-state index >= 15 is 0 Å². The molecule has 0 aliphatic carbocycles. The molecule has 7 heteroatoms. The van der Waals surface area contributed by atoms with Gasteiger partial charge in [0.05, 0.1) is 19.5 Å². The second kappa shape index (κ2) is 10.7. The third kappa shape index (κ3) is 5.82. The number of anilines is 2. The van der Waals surface area contributed by atoms with E-state index in [0.29, 0.717) is 22.7 Å². The molecule has 0 saturated carbocycles. The topological polar surface area (TPSA) is 76.7 Å². The van der Waals surface area contributed by atoms with Crippen molar-refractivity contribution >= 4 is 35.0 Å². The first-order chi connectivity index (χ1) is 15.4. The van der Waals surface area contributed by atoms with E-state index in [1.807, 2.05) is 56.3 Å². The zero-order valence-corrected chi connectivity index (χ0v) is 19.3. The van der Waals surface area contributed by atoms with Gasteiger partial charge in [0.15, 0.2) is 0 Å². The average Bonchev–Trinajstić information content (AvgIpc) is 2.78. The molecule has 0 aliphatic heterocycles. The van der Waals surface area contributed by atoms with Crippen LogP contribution in [-0.2, 0) is 4.79 Å². The minimum absolute atomic E-state index is 0.0891. The summed E-state index contributed by atoms with van der Waals surface area (Å²) < 4.78 is 10.6. The number of aryl methyl sites for hydroxylation is 1. The molecule has 2 amide bonds. The van der Waals surface area contributed by atoms with Crippen LogP contribution in [0.3, 0.4) is 0 Å². The number of hydrogen-bond donors (Lipinski definition) is 2. The van der Waals surface area contributed by atoms with Crippen LogP contribution >= 0.6 is 11.8 Å². The predicted octanol–water partition coefficient (Wildman–Crippen LogP) is 5.38. The number of ether oxygens (including phenoxy) is 2. The van der Waals surface area contributed by atoms with Crippen molar-refractivity contribution in [3.05, 3.63) is 77.9 Å². The number of methoxy groups -OCH3 is 2. The Morgan fingerprint density at radius 3 is 2.06 bits per heavy atom. The van der Waals surface area contributed by atoms with Gasteiger partial charge in [0.25, 0.3) is 5.91 Å². The van der Waals surface area contributed by atoms with Gasteiger partial charge >= 0.3 is 0 Å². The van der Waals surface area contributed by atoms with Crippen molar-refractivity contribution in [3.63, 3.8) is 0 Å². The minimum Gasteiger partial charge on any atom is -0.496 e. The highest BCUT2D eigenvalue weighted by molar-refractivity contribution is 8.00. The summed E-state index contributed by atoms with van der Waals surface area (Å²) in [5.74, 6) is 0.420. The van der Waals surface area contributed by atoms with Crippen molar-refractivity contribution in [1.82, 2.24) is 0 Å². The highest BCUT2D eigenvalue weighted by atomic mass is 32.2. The van der Waals surface area contributed by atoms with E-state index in [1.165, 1.54) is 26.0 Å². The summed E-state index contributed by atoms with van der Waals surface area (Å²) in [5.41, 5.74) is 2.79. The van der Waals surface area contributed by atoms with Crippen LogP contribution in [0.15, 0.2) is 71.6 Å². The molecule has 0 aromatic heterocycles. The molecule has 6 nitrogen and oxygen atoms in total. The lowest BCUT2D eigenvalue weighted by Gasteiger charge is -2.15. The van der Waals surface area contributed by atoms with Crippen molar-refractivity contribution in [2.24, 2.45) is 0 Å². The Morgan fingerprint density at radius 2 is 1.44 bits per heavy atom. The van der Waals surface area contributed by atoms with Crippen LogP contribution in [0, 0.1) is 6.92 Å². The molecule has 166 valence electrons. The van der Waals surface area contributed by atoms with Crippen LogP contribution in [0.25, 0.3) is 0 Å². The molecule has 0 fully saturated rings. The van der Waals surface area contributed by atoms with Crippen molar-refractivity contribution in [1.29, 1.82) is 0 Å². The van der Waals surface area contributed by atoms with E-state index < -0.39 is 0 Å². The third-order valence-electron chi connectivity index (χ3n) is 4.71. The number of benzene rings is 3. The summed E-state index contributed by atoms with van der Waals surface area (Å²) in [4.78, 5) is 26.4. The lowest BCUT2D eigenvalue weighted by atomic mass is 10.1. The Hall–Kier alpha value is -3.45. The number of rotatable bonds is 8. The second-order valence-electron chi connectivity index (χ2n) is 7.14. The number of nitrogens with one attached hydrogen (secondary N) is 2. The Morgan fingerprint density at radius 1 is 0.844 bits per heavy atom. The van der Waals surface area contributed by atoms with Gasteiger partial charge in [-0.2, -0.15) is 0 Å². The van der Waals surface area contributed by atoms with Crippen molar-refractivity contribution in [2.45, 2.75) is 24.0 Å². The van der Waals surface area contributed by atoms with Gasteiger partial charge < -0.3 is 20.1 Å². The number of hydrogen-bond acceptors (Lipinski definition) is 5. The highest BCUT2D eigenvalue weighted by Crippen LogP contribution is 2.30. The lowest BCUT2D eigenvalue weighted by Crippen LogP contribution is -2.22. The van der Waals surface area contributed by atoms with Gasteiger partial charge in [0.1, 0.15) is 17.1 Å². The Balaban J connectivity index is 1.69. The Bertz CT molecular complexity index is 1090. The van der Waals surface area contributed by atoms with Crippen LogP contribution in [0.1, 0.15) is 22.8 Å². The molecule has 32 heavy (non-hydrogen) atoms. The molecule has 0 bridgehead atoms. The van der Waals surface area contributed by atoms with Crippen LogP contribution in [0.5, 0.6) is 11.5 Å². The zero-order chi connectivity index (χ0) is 23.1. The lowest BCUT2D eigenvalue weighted by molar-refractivity contribution is -0.115. The fourth-order valence-electron chi connectivity index (χ4n) is 3.14. The molecule has 3 aromatic rings. The normalized spacial score (nSPS) is 11.4. The number of carbonyl (C=O) groups is 2.